The van der Waals surface area contributed by atoms with Crippen molar-refractivity contribution in [3.05, 3.63) is 0 Å². The number of hydrogen-bond acceptors (Lipinski definition) is 7. The molecule has 0 aromatic carbocycles. The molecule has 5 N–H and O–H groups in total. The fourth-order valence-corrected chi connectivity index (χ4v) is 4.81. The van der Waals surface area contributed by atoms with Crippen LogP contribution in [0.25, 0.3) is 0 Å². The summed E-state index contributed by atoms with van der Waals surface area (Å²) in [7, 11) is 0. The van der Waals surface area contributed by atoms with Crippen molar-refractivity contribution in [1.82, 2.24) is 31.5 Å². The fraction of sp³-hybridized carbons (Fsp3) is 0.800. The molecule has 240 valence electrons. The molecule has 1 saturated heterocycles. The van der Waals surface area contributed by atoms with Crippen LogP contribution in [0.3, 0.4) is 0 Å². The highest BCUT2D eigenvalue weighted by atomic mass is 16.2. The highest BCUT2D eigenvalue weighted by Gasteiger charge is 2.34. The van der Waals surface area contributed by atoms with E-state index in [1.807, 2.05) is 41.5 Å². The molecule has 42 heavy (non-hydrogen) atoms. The van der Waals surface area contributed by atoms with Gasteiger partial charge in [-0.25, -0.2) is 0 Å². The third kappa shape index (κ3) is 12.9. The number of nitrogens with one attached hydrogen (secondary N) is 5. The molecule has 0 bridgehead atoms. The maximum Gasteiger partial charge on any atom is 0.243 e. The van der Waals surface area contributed by atoms with Crippen LogP contribution in [0.5, 0.6) is 0 Å². The summed E-state index contributed by atoms with van der Waals surface area (Å²) in [6.07, 6.45) is 2.38. The first-order valence-electron chi connectivity index (χ1n) is 15.3. The molecule has 0 saturated carbocycles. The normalized spacial score (nSPS) is 17.6. The van der Waals surface area contributed by atoms with Gasteiger partial charge < -0.3 is 26.6 Å². The summed E-state index contributed by atoms with van der Waals surface area (Å²) in [5.41, 5.74) is 0. The third-order valence-electron chi connectivity index (χ3n) is 7.22. The van der Waals surface area contributed by atoms with Crippen molar-refractivity contribution >= 4 is 35.3 Å². The number of carbonyl (C=O) groups is 6. The quantitative estimate of drug-likeness (QED) is 0.167. The van der Waals surface area contributed by atoms with E-state index in [1.54, 1.807) is 13.8 Å². The Morgan fingerprint density at radius 1 is 0.690 bits per heavy atom. The second kappa shape index (κ2) is 17.8. The van der Waals surface area contributed by atoms with Crippen molar-refractivity contribution in [3.8, 4) is 0 Å². The standard InChI is InChI=1S/C30H54N6O6/c1-17(2)13-22(35-30(42)24-11-10-12-36(24)20(7)8)28(40)32-16-26(38)34-23(14-18(3)4)29(41)33-21(9)27(39)31-15-25(37)19(5)6/h17-24H,10-16H2,1-9H3,(H,31,39)(H,32,40)(H,33,41)(H,34,38)(H,35,42)/t21-,22-,23-,24-/m0/s1. The van der Waals surface area contributed by atoms with Gasteiger partial charge in [0.1, 0.15) is 18.1 Å². The van der Waals surface area contributed by atoms with Crippen LogP contribution < -0.4 is 26.6 Å². The average molecular weight is 595 g/mol. The number of carbonyl (C=O) groups excluding carboxylic acids is 6. The van der Waals surface area contributed by atoms with Gasteiger partial charge in [0.05, 0.1) is 19.1 Å². The number of nitrogens with zero attached hydrogens (tertiary/aromatic N) is 1. The van der Waals surface area contributed by atoms with Crippen LogP contribution in [0, 0.1) is 17.8 Å². The number of hydrogen-bond donors (Lipinski definition) is 5. The minimum Gasteiger partial charge on any atom is -0.347 e. The number of likely N-dealkylation sites (tertiary alicyclic amines) is 1. The number of ketones is 1. The van der Waals surface area contributed by atoms with Crippen molar-refractivity contribution in [3.63, 3.8) is 0 Å². The summed E-state index contributed by atoms with van der Waals surface area (Å²) in [5, 5.41) is 13.3. The van der Waals surface area contributed by atoms with Gasteiger partial charge in [0.25, 0.3) is 0 Å². The molecule has 1 aliphatic rings. The molecule has 0 aromatic rings. The summed E-state index contributed by atoms with van der Waals surface area (Å²) in [6, 6.07) is -2.72. The first-order valence-corrected chi connectivity index (χ1v) is 15.3. The van der Waals surface area contributed by atoms with Gasteiger partial charge in [-0.3, -0.25) is 33.7 Å². The zero-order valence-electron chi connectivity index (χ0n) is 27.0. The van der Waals surface area contributed by atoms with Crippen LogP contribution in [-0.4, -0.2) is 90.1 Å². The van der Waals surface area contributed by atoms with Gasteiger partial charge in [0, 0.05) is 12.0 Å². The molecule has 12 heteroatoms. The van der Waals surface area contributed by atoms with Crippen LogP contribution in [0.2, 0.25) is 0 Å². The Morgan fingerprint density at radius 3 is 1.76 bits per heavy atom. The van der Waals surface area contributed by atoms with Crippen molar-refractivity contribution in [2.45, 2.75) is 118 Å². The maximum atomic E-state index is 13.1. The molecule has 12 nitrogen and oxygen atoms in total. The molecule has 1 heterocycles. The molecule has 1 rings (SSSR count). The van der Waals surface area contributed by atoms with Crippen molar-refractivity contribution in [2.75, 3.05) is 19.6 Å². The Labute approximate surface area is 251 Å². The zero-order chi connectivity index (χ0) is 32.1. The molecule has 0 aromatic heterocycles. The lowest BCUT2D eigenvalue weighted by molar-refractivity contribution is -0.134. The van der Waals surface area contributed by atoms with Crippen LogP contribution in [-0.2, 0) is 28.8 Å². The van der Waals surface area contributed by atoms with E-state index in [0.717, 1.165) is 19.4 Å². The number of amides is 5. The maximum absolute atomic E-state index is 13.1. The summed E-state index contributed by atoms with van der Waals surface area (Å²) in [4.78, 5) is 78.1. The lowest BCUT2D eigenvalue weighted by Crippen LogP contribution is -2.56. The number of rotatable bonds is 17. The molecular weight excluding hydrogens is 540 g/mol. The Kier molecular flexibility index (Phi) is 15.7. The Hall–Kier alpha value is -3.02. The van der Waals surface area contributed by atoms with Gasteiger partial charge in [-0.05, 0) is 64.8 Å². The number of Topliss-reactive ketones (excluding diaryl/α,β-unsaturated/α-hetero) is 1. The molecule has 0 spiro atoms. The van der Waals surface area contributed by atoms with E-state index in [9.17, 15) is 28.8 Å². The van der Waals surface area contributed by atoms with Crippen molar-refractivity contribution in [2.24, 2.45) is 17.8 Å². The van der Waals surface area contributed by atoms with Gasteiger partial charge in [0.2, 0.25) is 29.5 Å². The van der Waals surface area contributed by atoms with E-state index in [4.69, 9.17) is 0 Å². The third-order valence-corrected chi connectivity index (χ3v) is 7.22. The highest BCUT2D eigenvalue weighted by molar-refractivity contribution is 5.95. The first kappa shape index (κ1) is 37.0. The first-order chi connectivity index (χ1) is 19.5. The monoisotopic (exact) mass is 594 g/mol. The Morgan fingerprint density at radius 2 is 1.24 bits per heavy atom. The van der Waals surface area contributed by atoms with Crippen LogP contribution in [0.15, 0.2) is 0 Å². The molecule has 0 radical (unpaired) electrons. The predicted octanol–water partition coefficient (Wildman–Crippen LogP) is 0.883. The molecule has 5 amide bonds. The van der Waals surface area contributed by atoms with Gasteiger partial charge in [0.15, 0.2) is 5.78 Å². The summed E-state index contributed by atoms with van der Waals surface area (Å²) in [6.45, 7) is 17.1. The molecule has 0 unspecified atom stereocenters. The minimum absolute atomic E-state index is 0.0510. The average Bonchev–Trinajstić information content (AvgIpc) is 3.39. The van der Waals surface area contributed by atoms with Crippen LogP contribution >= 0.6 is 0 Å². The van der Waals surface area contributed by atoms with E-state index >= 15 is 0 Å². The van der Waals surface area contributed by atoms with Gasteiger partial charge >= 0.3 is 0 Å². The topological polar surface area (TPSA) is 166 Å². The van der Waals surface area contributed by atoms with E-state index < -0.39 is 41.8 Å². The smallest absolute Gasteiger partial charge is 0.243 e. The predicted molar refractivity (Wildman–Crippen MR) is 161 cm³/mol. The molecule has 0 aliphatic carbocycles. The van der Waals surface area contributed by atoms with E-state index in [0.29, 0.717) is 12.8 Å². The van der Waals surface area contributed by atoms with Gasteiger partial charge in [-0.15, -0.1) is 0 Å². The van der Waals surface area contributed by atoms with Crippen LogP contribution in [0.1, 0.15) is 88.0 Å². The minimum atomic E-state index is -0.933. The second-order valence-corrected chi connectivity index (χ2v) is 12.7. The SMILES string of the molecule is CC(C)C[C@H](NC(=O)CNC(=O)[C@H](CC(C)C)NC(=O)[C@@H]1CCCN1C(C)C)C(=O)N[C@@H](C)C(=O)NCC(=O)C(C)C. The van der Waals surface area contributed by atoms with Gasteiger partial charge in [-0.2, -0.15) is 0 Å². The lowest BCUT2D eigenvalue weighted by atomic mass is 10.0. The molecular formula is C30H54N6O6. The molecule has 1 fully saturated rings. The van der Waals surface area contributed by atoms with E-state index in [1.165, 1.54) is 6.92 Å². The van der Waals surface area contributed by atoms with Gasteiger partial charge in [-0.1, -0.05) is 41.5 Å². The van der Waals surface area contributed by atoms with Crippen molar-refractivity contribution < 1.29 is 28.8 Å². The Balaban J connectivity index is 2.75. The summed E-state index contributed by atoms with van der Waals surface area (Å²) >= 11 is 0. The highest BCUT2D eigenvalue weighted by Crippen LogP contribution is 2.20. The van der Waals surface area contributed by atoms with Crippen molar-refractivity contribution in [1.29, 1.82) is 0 Å². The Bertz CT molecular complexity index is 951. The summed E-state index contributed by atoms with van der Waals surface area (Å²) < 4.78 is 0. The molecule has 4 atom stereocenters. The second-order valence-electron chi connectivity index (χ2n) is 12.7. The summed E-state index contributed by atoms with van der Waals surface area (Å²) in [5.74, 6) is -2.44. The van der Waals surface area contributed by atoms with E-state index in [-0.39, 0.29) is 54.6 Å². The zero-order valence-corrected chi connectivity index (χ0v) is 27.0. The molecule has 1 aliphatic heterocycles. The lowest BCUT2D eigenvalue weighted by Gasteiger charge is -2.29. The fourth-order valence-electron chi connectivity index (χ4n) is 4.81. The van der Waals surface area contributed by atoms with E-state index in [2.05, 4.69) is 31.5 Å². The largest absolute Gasteiger partial charge is 0.347 e. The van der Waals surface area contributed by atoms with Crippen LogP contribution in [0.4, 0.5) is 0 Å².